The van der Waals surface area contributed by atoms with Crippen molar-refractivity contribution in [3.05, 3.63) is 34.5 Å². The number of rotatable bonds is 4. The van der Waals surface area contributed by atoms with Crippen LogP contribution in [0.3, 0.4) is 0 Å². The highest BCUT2D eigenvalue weighted by Crippen LogP contribution is 2.19. The molecule has 2 unspecified atom stereocenters. The quantitative estimate of drug-likeness (QED) is 0.805. The monoisotopic (exact) mass is 250 g/mol. The van der Waals surface area contributed by atoms with Crippen LogP contribution in [-0.2, 0) is 4.79 Å². The van der Waals surface area contributed by atoms with Gasteiger partial charge in [-0.25, -0.2) is 0 Å². The molecule has 3 N–H and O–H groups in total. The Hall–Kier alpha value is -1.13. The predicted octanol–water partition coefficient (Wildman–Crippen LogP) is 2.22. The second-order valence-electron chi connectivity index (χ2n) is 4.39. The molecule has 0 spiro atoms. The lowest BCUT2D eigenvalue weighted by Gasteiger charge is -2.19. The molecular formula is C13H18N2OS. The molecule has 4 heteroatoms. The third-order valence-electron chi connectivity index (χ3n) is 3.07. The van der Waals surface area contributed by atoms with Gasteiger partial charge in [0, 0.05) is 11.4 Å². The number of thiophene rings is 1. The van der Waals surface area contributed by atoms with Gasteiger partial charge in [-0.3, -0.25) is 4.79 Å². The van der Waals surface area contributed by atoms with E-state index in [1.54, 1.807) is 0 Å². The molecule has 17 heavy (non-hydrogen) atoms. The number of hydrogen-bond donors (Lipinski definition) is 2. The van der Waals surface area contributed by atoms with Crippen LogP contribution in [0.25, 0.3) is 0 Å². The summed E-state index contributed by atoms with van der Waals surface area (Å²) in [7, 11) is 0. The first kappa shape index (κ1) is 12.3. The smallest absolute Gasteiger partial charge is 0.242 e. The van der Waals surface area contributed by atoms with Gasteiger partial charge in [0.1, 0.15) is 6.04 Å². The van der Waals surface area contributed by atoms with E-state index >= 15 is 0 Å². The summed E-state index contributed by atoms with van der Waals surface area (Å²) in [6.45, 7) is 0.738. The molecule has 0 radical (unpaired) electrons. The van der Waals surface area contributed by atoms with Crippen LogP contribution in [0.4, 0.5) is 0 Å². The minimum Gasteiger partial charge on any atom is -0.354 e. The van der Waals surface area contributed by atoms with Crippen LogP contribution >= 0.6 is 11.3 Å². The fourth-order valence-electron chi connectivity index (χ4n) is 1.99. The zero-order chi connectivity index (χ0) is 12.1. The van der Waals surface area contributed by atoms with Gasteiger partial charge in [0.2, 0.25) is 5.91 Å². The average molecular weight is 250 g/mol. The average Bonchev–Trinajstić information content (AvgIpc) is 2.90. The van der Waals surface area contributed by atoms with Crippen LogP contribution in [0, 0.1) is 5.92 Å². The standard InChI is InChI=1S/C13H18N2OS/c14-12(11-7-4-8-17-11)13(16)15-9-10-5-2-1-3-6-10/h1-2,4,7-8,10,12H,3,5-6,9,14H2,(H,15,16). The zero-order valence-electron chi connectivity index (χ0n) is 9.76. The molecule has 1 aromatic rings. The Morgan fingerprint density at radius 1 is 1.59 bits per heavy atom. The van der Waals surface area contributed by atoms with Crippen LogP contribution in [0.2, 0.25) is 0 Å². The second-order valence-corrected chi connectivity index (χ2v) is 5.37. The second kappa shape index (κ2) is 5.98. The van der Waals surface area contributed by atoms with Crippen LogP contribution < -0.4 is 11.1 Å². The fraction of sp³-hybridized carbons (Fsp3) is 0.462. The topological polar surface area (TPSA) is 55.1 Å². The number of allylic oxidation sites excluding steroid dienone is 2. The molecule has 0 aliphatic heterocycles. The highest BCUT2D eigenvalue weighted by Gasteiger charge is 2.18. The number of hydrogen-bond acceptors (Lipinski definition) is 3. The van der Waals surface area contributed by atoms with E-state index in [4.69, 9.17) is 5.73 Å². The van der Waals surface area contributed by atoms with E-state index < -0.39 is 6.04 Å². The molecule has 1 aliphatic rings. The first-order chi connectivity index (χ1) is 8.27. The molecule has 3 nitrogen and oxygen atoms in total. The van der Waals surface area contributed by atoms with Crippen molar-refractivity contribution in [3.8, 4) is 0 Å². The molecule has 2 atom stereocenters. The molecule has 0 saturated carbocycles. The van der Waals surface area contributed by atoms with Crippen LogP contribution in [-0.4, -0.2) is 12.5 Å². The molecule has 1 aromatic heterocycles. The Kier molecular flexibility index (Phi) is 4.34. The van der Waals surface area contributed by atoms with E-state index in [0.29, 0.717) is 5.92 Å². The van der Waals surface area contributed by atoms with Gasteiger partial charge in [-0.2, -0.15) is 0 Å². The van der Waals surface area contributed by atoms with Gasteiger partial charge in [-0.15, -0.1) is 11.3 Å². The van der Waals surface area contributed by atoms with Crippen molar-refractivity contribution < 1.29 is 4.79 Å². The molecule has 1 heterocycles. The van der Waals surface area contributed by atoms with Gasteiger partial charge in [-0.1, -0.05) is 18.2 Å². The molecule has 0 saturated heterocycles. The van der Waals surface area contributed by atoms with Gasteiger partial charge in [0.25, 0.3) is 0 Å². The van der Waals surface area contributed by atoms with Gasteiger partial charge in [-0.05, 0) is 36.6 Å². The van der Waals surface area contributed by atoms with Crippen LogP contribution in [0.5, 0.6) is 0 Å². The summed E-state index contributed by atoms with van der Waals surface area (Å²) in [6.07, 6.45) is 7.74. The number of nitrogens with one attached hydrogen (secondary N) is 1. The maximum Gasteiger partial charge on any atom is 0.242 e. The number of nitrogens with two attached hydrogens (primary N) is 1. The molecule has 0 bridgehead atoms. The Labute approximate surface area is 106 Å². The van der Waals surface area contributed by atoms with Crippen molar-refractivity contribution >= 4 is 17.2 Å². The predicted molar refractivity (Wildman–Crippen MR) is 70.7 cm³/mol. The first-order valence-corrected chi connectivity index (χ1v) is 6.87. The SMILES string of the molecule is NC(C(=O)NCC1CC=CCC1)c1cccs1. The molecule has 0 fully saturated rings. The molecule has 1 aliphatic carbocycles. The minimum atomic E-state index is -0.519. The summed E-state index contributed by atoms with van der Waals surface area (Å²) < 4.78 is 0. The highest BCUT2D eigenvalue weighted by atomic mass is 32.1. The molecule has 1 amide bonds. The van der Waals surface area contributed by atoms with E-state index in [2.05, 4.69) is 17.5 Å². The summed E-state index contributed by atoms with van der Waals surface area (Å²) in [4.78, 5) is 12.8. The Morgan fingerprint density at radius 2 is 2.47 bits per heavy atom. The summed E-state index contributed by atoms with van der Waals surface area (Å²) in [6, 6.07) is 3.30. The van der Waals surface area contributed by atoms with Gasteiger partial charge in [0.05, 0.1) is 0 Å². The Morgan fingerprint density at radius 3 is 3.12 bits per heavy atom. The van der Waals surface area contributed by atoms with Crippen molar-refractivity contribution in [3.63, 3.8) is 0 Å². The summed E-state index contributed by atoms with van der Waals surface area (Å²) in [5.74, 6) is 0.501. The third-order valence-corrected chi connectivity index (χ3v) is 4.03. The minimum absolute atomic E-state index is 0.0676. The maximum atomic E-state index is 11.8. The van der Waals surface area contributed by atoms with Crippen molar-refractivity contribution in [2.45, 2.75) is 25.3 Å². The lowest BCUT2D eigenvalue weighted by molar-refractivity contribution is -0.122. The number of amides is 1. The summed E-state index contributed by atoms with van der Waals surface area (Å²) in [5, 5.41) is 4.89. The van der Waals surface area contributed by atoms with Crippen molar-refractivity contribution in [2.24, 2.45) is 11.7 Å². The van der Waals surface area contributed by atoms with Crippen molar-refractivity contribution in [1.82, 2.24) is 5.32 Å². The molecule has 0 aromatic carbocycles. The summed E-state index contributed by atoms with van der Waals surface area (Å²) in [5.41, 5.74) is 5.88. The van der Waals surface area contributed by atoms with Crippen molar-refractivity contribution in [2.75, 3.05) is 6.54 Å². The van der Waals surface area contributed by atoms with Crippen LogP contribution in [0.1, 0.15) is 30.2 Å². The van der Waals surface area contributed by atoms with Gasteiger partial charge >= 0.3 is 0 Å². The van der Waals surface area contributed by atoms with E-state index in [1.165, 1.54) is 11.3 Å². The number of carbonyl (C=O) groups excluding carboxylic acids is 1. The van der Waals surface area contributed by atoms with Crippen LogP contribution in [0.15, 0.2) is 29.7 Å². The third kappa shape index (κ3) is 3.41. The number of carbonyl (C=O) groups is 1. The van der Waals surface area contributed by atoms with E-state index in [9.17, 15) is 4.79 Å². The summed E-state index contributed by atoms with van der Waals surface area (Å²) >= 11 is 1.52. The normalized spacial score (nSPS) is 21.1. The van der Waals surface area contributed by atoms with E-state index in [1.807, 2.05) is 17.5 Å². The van der Waals surface area contributed by atoms with Gasteiger partial charge in [0.15, 0.2) is 0 Å². The lowest BCUT2D eigenvalue weighted by Crippen LogP contribution is -2.36. The fourth-order valence-corrected chi connectivity index (χ4v) is 2.72. The first-order valence-electron chi connectivity index (χ1n) is 5.99. The van der Waals surface area contributed by atoms with E-state index in [-0.39, 0.29) is 5.91 Å². The largest absolute Gasteiger partial charge is 0.354 e. The zero-order valence-corrected chi connectivity index (χ0v) is 10.6. The molecule has 2 rings (SSSR count). The Balaban J connectivity index is 1.79. The molecular weight excluding hydrogens is 232 g/mol. The maximum absolute atomic E-state index is 11.8. The Bertz CT molecular complexity index is 386. The highest BCUT2D eigenvalue weighted by molar-refractivity contribution is 7.10. The van der Waals surface area contributed by atoms with Gasteiger partial charge < -0.3 is 11.1 Å². The van der Waals surface area contributed by atoms with E-state index in [0.717, 1.165) is 30.7 Å². The lowest BCUT2D eigenvalue weighted by atomic mass is 9.94. The van der Waals surface area contributed by atoms with Crippen molar-refractivity contribution in [1.29, 1.82) is 0 Å². The molecule has 92 valence electrons.